The zero-order valence-corrected chi connectivity index (χ0v) is 14.4. The minimum Gasteiger partial charge on any atom is -0.344 e. The highest BCUT2D eigenvalue weighted by atomic mass is 19.3. The second kappa shape index (κ2) is 8.64. The molecule has 0 aliphatic heterocycles. The van der Waals surface area contributed by atoms with Crippen LogP contribution in [-0.4, -0.2) is 25.1 Å². The normalized spacial score (nSPS) is 16.4. The standard InChI is InChI=1S/C18H20F3N3O2/c1-10(22-2)23-15(7-8-25)18(26)24-16(11-3-4-11)12-5-6-13(17(20)21)14(19)9-12/h5-9,11,16-17H,3-4H2,1-2H3,(H,22,23)(H,24,26)/b15-7-. The van der Waals surface area contributed by atoms with E-state index in [1.165, 1.54) is 13.1 Å². The molecule has 1 saturated carbocycles. The fourth-order valence-corrected chi connectivity index (χ4v) is 2.53. The van der Waals surface area contributed by atoms with E-state index in [0.29, 0.717) is 17.7 Å². The van der Waals surface area contributed by atoms with Crippen LogP contribution in [0.25, 0.3) is 0 Å². The quantitative estimate of drug-likeness (QED) is 0.337. The lowest BCUT2D eigenvalue weighted by Gasteiger charge is -2.21. The maximum absolute atomic E-state index is 13.9. The van der Waals surface area contributed by atoms with Gasteiger partial charge in [-0.3, -0.25) is 14.6 Å². The van der Waals surface area contributed by atoms with E-state index >= 15 is 0 Å². The van der Waals surface area contributed by atoms with Crippen LogP contribution in [0, 0.1) is 11.7 Å². The lowest BCUT2D eigenvalue weighted by atomic mass is 10.00. The van der Waals surface area contributed by atoms with Crippen molar-refractivity contribution >= 4 is 18.0 Å². The average Bonchev–Trinajstić information content (AvgIpc) is 3.43. The van der Waals surface area contributed by atoms with Crippen molar-refractivity contribution in [2.24, 2.45) is 10.9 Å². The number of nitrogens with zero attached hydrogens (tertiary/aromatic N) is 1. The van der Waals surface area contributed by atoms with Gasteiger partial charge in [0.05, 0.1) is 17.4 Å². The molecule has 140 valence electrons. The molecule has 1 aromatic carbocycles. The number of aliphatic imine (C=N–C) groups is 1. The minimum absolute atomic E-state index is 0.00146. The third kappa shape index (κ3) is 4.93. The van der Waals surface area contributed by atoms with Crippen LogP contribution in [0.3, 0.4) is 0 Å². The Hall–Kier alpha value is -2.64. The number of hydrogen-bond donors (Lipinski definition) is 2. The molecule has 2 rings (SSSR count). The van der Waals surface area contributed by atoms with Gasteiger partial charge in [-0.05, 0) is 37.3 Å². The van der Waals surface area contributed by atoms with Gasteiger partial charge in [-0.25, -0.2) is 13.2 Å². The van der Waals surface area contributed by atoms with Crippen molar-refractivity contribution in [2.75, 3.05) is 7.05 Å². The van der Waals surface area contributed by atoms with Gasteiger partial charge in [0.25, 0.3) is 12.3 Å². The molecule has 1 aromatic rings. The number of alkyl halides is 2. The zero-order chi connectivity index (χ0) is 19.3. The van der Waals surface area contributed by atoms with Crippen molar-refractivity contribution < 1.29 is 22.8 Å². The molecule has 0 heterocycles. The lowest BCUT2D eigenvalue weighted by molar-refractivity contribution is -0.119. The molecule has 1 aliphatic rings. The van der Waals surface area contributed by atoms with E-state index in [4.69, 9.17) is 0 Å². The van der Waals surface area contributed by atoms with Gasteiger partial charge < -0.3 is 10.6 Å². The van der Waals surface area contributed by atoms with Crippen LogP contribution >= 0.6 is 0 Å². The van der Waals surface area contributed by atoms with E-state index in [9.17, 15) is 22.8 Å². The summed E-state index contributed by atoms with van der Waals surface area (Å²) < 4.78 is 39.3. The number of aldehydes is 1. The predicted octanol–water partition coefficient (Wildman–Crippen LogP) is 3.05. The number of carbonyl (C=O) groups is 2. The van der Waals surface area contributed by atoms with E-state index < -0.39 is 29.8 Å². The number of hydrogen-bond acceptors (Lipinski definition) is 3. The summed E-state index contributed by atoms with van der Waals surface area (Å²) in [5.74, 6) is -1.04. The van der Waals surface area contributed by atoms with Gasteiger partial charge in [0, 0.05) is 13.1 Å². The van der Waals surface area contributed by atoms with Crippen LogP contribution in [0.4, 0.5) is 13.2 Å². The summed E-state index contributed by atoms with van der Waals surface area (Å²) in [5, 5.41) is 5.46. The van der Waals surface area contributed by atoms with Crippen molar-refractivity contribution in [3.05, 3.63) is 46.9 Å². The second-order valence-electron chi connectivity index (χ2n) is 6.02. The maximum atomic E-state index is 13.9. The van der Waals surface area contributed by atoms with Gasteiger partial charge in [-0.1, -0.05) is 12.1 Å². The molecule has 1 atom stereocenters. The highest BCUT2D eigenvalue weighted by Crippen LogP contribution is 2.41. The van der Waals surface area contributed by atoms with Crippen molar-refractivity contribution in [3.8, 4) is 0 Å². The molecule has 1 fully saturated rings. The van der Waals surface area contributed by atoms with Crippen LogP contribution in [0.2, 0.25) is 0 Å². The number of amides is 1. The molecule has 1 amide bonds. The molecule has 0 saturated heterocycles. The van der Waals surface area contributed by atoms with Crippen LogP contribution in [0.5, 0.6) is 0 Å². The largest absolute Gasteiger partial charge is 0.344 e. The molecular formula is C18H20F3N3O2. The van der Waals surface area contributed by atoms with Gasteiger partial charge in [0.1, 0.15) is 17.8 Å². The van der Waals surface area contributed by atoms with E-state index in [0.717, 1.165) is 31.1 Å². The number of rotatable bonds is 7. The SMILES string of the molecule is CN=C(C)N/C(=C\C=O)C(=O)NC(c1ccc(C(F)F)c(F)c1)C1CC1. The Balaban J connectivity index is 2.22. The van der Waals surface area contributed by atoms with Crippen LogP contribution in [-0.2, 0) is 9.59 Å². The van der Waals surface area contributed by atoms with Gasteiger partial charge in [-0.2, -0.15) is 0 Å². The summed E-state index contributed by atoms with van der Waals surface area (Å²) in [6, 6.07) is 2.92. The molecule has 1 unspecified atom stereocenters. The first-order valence-electron chi connectivity index (χ1n) is 8.11. The fraction of sp³-hybridized carbons (Fsp3) is 0.389. The maximum Gasteiger partial charge on any atom is 0.268 e. The monoisotopic (exact) mass is 367 g/mol. The molecule has 0 aromatic heterocycles. The molecular weight excluding hydrogens is 347 g/mol. The topological polar surface area (TPSA) is 70.6 Å². The molecule has 5 nitrogen and oxygen atoms in total. The molecule has 1 aliphatic carbocycles. The lowest BCUT2D eigenvalue weighted by Crippen LogP contribution is -2.37. The first-order valence-corrected chi connectivity index (χ1v) is 8.11. The Morgan fingerprint density at radius 2 is 2.04 bits per heavy atom. The average molecular weight is 367 g/mol. The highest BCUT2D eigenvalue weighted by molar-refractivity contribution is 6.00. The van der Waals surface area contributed by atoms with Crippen LogP contribution in [0.1, 0.15) is 43.4 Å². The number of allylic oxidation sites excluding steroid dienone is 1. The third-order valence-corrected chi connectivity index (χ3v) is 4.13. The Morgan fingerprint density at radius 1 is 1.35 bits per heavy atom. The first-order chi connectivity index (χ1) is 12.4. The highest BCUT2D eigenvalue weighted by Gasteiger charge is 2.34. The Labute approximate surface area is 149 Å². The number of benzene rings is 1. The van der Waals surface area contributed by atoms with Crippen molar-refractivity contribution in [2.45, 2.75) is 32.2 Å². The Kier molecular flexibility index (Phi) is 6.54. The van der Waals surface area contributed by atoms with Crippen molar-refractivity contribution in [1.82, 2.24) is 10.6 Å². The number of nitrogens with one attached hydrogen (secondary N) is 2. The molecule has 0 spiro atoms. The summed E-state index contributed by atoms with van der Waals surface area (Å²) in [5.41, 5.74) is -0.264. The molecule has 8 heteroatoms. The van der Waals surface area contributed by atoms with E-state index in [2.05, 4.69) is 15.6 Å². The van der Waals surface area contributed by atoms with Crippen LogP contribution < -0.4 is 10.6 Å². The predicted molar refractivity (Wildman–Crippen MR) is 91.3 cm³/mol. The van der Waals surface area contributed by atoms with E-state index in [1.54, 1.807) is 6.92 Å². The van der Waals surface area contributed by atoms with Gasteiger partial charge in [0.15, 0.2) is 0 Å². The number of halogens is 3. The van der Waals surface area contributed by atoms with Crippen molar-refractivity contribution in [3.63, 3.8) is 0 Å². The number of carbonyl (C=O) groups excluding carboxylic acids is 2. The Bertz CT molecular complexity index is 743. The van der Waals surface area contributed by atoms with E-state index in [1.807, 2.05) is 0 Å². The van der Waals surface area contributed by atoms with E-state index in [-0.39, 0.29) is 11.6 Å². The molecule has 2 N–H and O–H groups in total. The summed E-state index contributed by atoms with van der Waals surface area (Å²) >= 11 is 0. The van der Waals surface area contributed by atoms with Gasteiger partial charge in [0.2, 0.25) is 0 Å². The summed E-state index contributed by atoms with van der Waals surface area (Å²) in [7, 11) is 1.53. The van der Waals surface area contributed by atoms with Gasteiger partial charge in [-0.15, -0.1) is 0 Å². The first kappa shape index (κ1) is 19.7. The smallest absolute Gasteiger partial charge is 0.268 e. The second-order valence-corrected chi connectivity index (χ2v) is 6.02. The van der Waals surface area contributed by atoms with Crippen molar-refractivity contribution in [1.29, 1.82) is 0 Å². The molecule has 0 bridgehead atoms. The third-order valence-electron chi connectivity index (χ3n) is 4.13. The number of amidine groups is 1. The Morgan fingerprint density at radius 3 is 2.54 bits per heavy atom. The fourth-order valence-electron chi connectivity index (χ4n) is 2.53. The zero-order valence-electron chi connectivity index (χ0n) is 14.4. The summed E-state index contributed by atoms with van der Waals surface area (Å²) in [6.45, 7) is 1.63. The van der Waals surface area contributed by atoms with Gasteiger partial charge >= 0.3 is 0 Å². The summed E-state index contributed by atoms with van der Waals surface area (Å²) in [4.78, 5) is 27.1. The molecule has 26 heavy (non-hydrogen) atoms. The summed E-state index contributed by atoms with van der Waals surface area (Å²) in [6.07, 6.45) is 0.292. The van der Waals surface area contributed by atoms with Crippen LogP contribution in [0.15, 0.2) is 35.0 Å². The minimum atomic E-state index is -2.90. The molecule has 0 radical (unpaired) electrons.